The second-order valence-electron chi connectivity index (χ2n) is 7.58. The van der Waals surface area contributed by atoms with Crippen LogP contribution in [0.3, 0.4) is 0 Å². The van der Waals surface area contributed by atoms with Crippen LogP contribution >= 0.6 is 0 Å². The Balaban J connectivity index is 1.53. The Hall–Kier alpha value is -2.87. The van der Waals surface area contributed by atoms with E-state index in [2.05, 4.69) is 5.32 Å². The highest BCUT2D eigenvalue weighted by Crippen LogP contribution is 2.30. The third-order valence-electron chi connectivity index (χ3n) is 4.87. The average molecular weight is 431 g/mol. The normalized spacial score (nSPS) is 13.5. The Bertz CT molecular complexity index is 1050. The first-order valence-electron chi connectivity index (χ1n) is 9.80. The summed E-state index contributed by atoms with van der Waals surface area (Å²) in [7, 11) is -1.95. The zero-order valence-electron chi connectivity index (χ0n) is 17.3. The maximum absolute atomic E-state index is 12.6. The predicted octanol–water partition coefficient (Wildman–Crippen LogP) is 2.47. The molecule has 0 saturated heterocycles. The molecule has 3 rings (SSSR count). The molecule has 0 atom stereocenters. The summed E-state index contributed by atoms with van der Waals surface area (Å²) in [6, 6.07) is 12.0. The first kappa shape index (κ1) is 21.8. The zero-order chi connectivity index (χ0) is 21.9. The van der Waals surface area contributed by atoms with Crippen LogP contribution in [0.15, 0.2) is 47.4 Å². The van der Waals surface area contributed by atoms with Crippen LogP contribution < -0.4 is 15.0 Å². The van der Waals surface area contributed by atoms with Crippen LogP contribution in [0.1, 0.15) is 31.4 Å². The number of hydrogen-bond acceptors (Lipinski definition) is 5. The maximum atomic E-state index is 12.6. The van der Waals surface area contributed by atoms with E-state index >= 15 is 0 Å². The highest BCUT2D eigenvalue weighted by Gasteiger charge is 2.26. The Kier molecular flexibility index (Phi) is 6.45. The van der Waals surface area contributed by atoms with Crippen LogP contribution in [0.4, 0.5) is 5.69 Å². The lowest BCUT2D eigenvalue weighted by atomic mass is 10.2. The van der Waals surface area contributed by atoms with Crippen molar-refractivity contribution >= 4 is 27.3 Å². The number of likely N-dealkylation sites (N-methyl/N-ethyl adjacent to an activating group) is 1. The van der Waals surface area contributed by atoms with Gasteiger partial charge in [-0.2, -0.15) is 0 Å². The Labute approximate surface area is 177 Å². The molecule has 2 amide bonds. The summed E-state index contributed by atoms with van der Waals surface area (Å²) in [5, 5.41) is 2.74. The lowest BCUT2D eigenvalue weighted by molar-refractivity contribution is -0.121. The fourth-order valence-corrected chi connectivity index (χ4v) is 4.52. The number of amides is 2. The van der Waals surface area contributed by atoms with Gasteiger partial charge in [-0.05, 0) is 55.3 Å². The molecule has 0 fully saturated rings. The number of nitrogens with zero attached hydrogens (tertiary/aromatic N) is 1. The largest absolute Gasteiger partial charge is 0.491 e. The standard InChI is InChI=1S/C22H26N2O5S/c1-15(2)29-18-6-4-16(5-7-18)14-23-21(25)10-11-30(27,28)19-8-9-20-17(12-19)13-22(26)24(20)3/h4-9,12,15H,10-11,13-14H2,1-3H3,(H,23,25). The van der Waals surface area contributed by atoms with Gasteiger partial charge in [0.05, 0.1) is 23.2 Å². The molecule has 0 spiro atoms. The average Bonchev–Trinajstić information content (AvgIpc) is 2.99. The van der Waals surface area contributed by atoms with Crippen LogP contribution in [0, 0.1) is 0 Å². The molecule has 1 aliphatic rings. The van der Waals surface area contributed by atoms with Gasteiger partial charge in [0.2, 0.25) is 11.8 Å². The molecule has 8 heteroatoms. The van der Waals surface area contributed by atoms with Gasteiger partial charge < -0.3 is 15.0 Å². The van der Waals surface area contributed by atoms with E-state index in [1.165, 1.54) is 17.0 Å². The van der Waals surface area contributed by atoms with Gasteiger partial charge in [0.15, 0.2) is 9.84 Å². The highest BCUT2D eigenvalue weighted by atomic mass is 32.2. The molecule has 2 aromatic rings. The molecule has 7 nitrogen and oxygen atoms in total. The first-order valence-corrected chi connectivity index (χ1v) is 11.5. The minimum absolute atomic E-state index is 0.0669. The van der Waals surface area contributed by atoms with Crippen molar-refractivity contribution in [2.75, 3.05) is 17.7 Å². The van der Waals surface area contributed by atoms with Crippen LogP contribution in [-0.2, 0) is 32.4 Å². The molecule has 0 bridgehead atoms. The number of carbonyl (C=O) groups excluding carboxylic acids is 2. The van der Waals surface area contributed by atoms with Gasteiger partial charge in [0.1, 0.15) is 5.75 Å². The predicted molar refractivity (Wildman–Crippen MR) is 114 cm³/mol. The SMILES string of the molecule is CC(C)Oc1ccc(CNC(=O)CCS(=O)(=O)c2ccc3c(c2)CC(=O)N3C)cc1. The van der Waals surface area contributed by atoms with Crippen LogP contribution in [-0.4, -0.2) is 39.1 Å². The van der Waals surface area contributed by atoms with Crippen molar-refractivity contribution in [1.82, 2.24) is 5.32 Å². The Morgan fingerprint density at radius 1 is 1.17 bits per heavy atom. The summed E-state index contributed by atoms with van der Waals surface area (Å²) < 4.78 is 30.8. The molecule has 1 heterocycles. The molecule has 1 aliphatic heterocycles. The fraction of sp³-hybridized carbons (Fsp3) is 0.364. The summed E-state index contributed by atoms with van der Waals surface area (Å²) in [6.07, 6.45) is 0.147. The van der Waals surface area contributed by atoms with E-state index in [0.717, 1.165) is 17.0 Å². The van der Waals surface area contributed by atoms with Gasteiger partial charge in [0, 0.05) is 25.7 Å². The van der Waals surface area contributed by atoms with Crippen molar-refractivity contribution in [2.45, 2.75) is 44.2 Å². The first-order chi connectivity index (χ1) is 14.2. The Morgan fingerprint density at radius 2 is 1.87 bits per heavy atom. The van der Waals surface area contributed by atoms with Crippen LogP contribution in [0.5, 0.6) is 5.75 Å². The van der Waals surface area contributed by atoms with Crippen molar-refractivity contribution in [3.63, 3.8) is 0 Å². The number of benzene rings is 2. The lowest BCUT2D eigenvalue weighted by Crippen LogP contribution is -2.25. The van der Waals surface area contributed by atoms with Gasteiger partial charge in [-0.1, -0.05) is 12.1 Å². The number of fused-ring (bicyclic) bond motifs is 1. The third kappa shape index (κ3) is 5.18. The number of hydrogen-bond donors (Lipinski definition) is 1. The molecule has 2 aromatic carbocycles. The fourth-order valence-electron chi connectivity index (χ4n) is 3.23. The van der Waals surface area contributed by atoms with Gasteiger partial charge >= 0.3 is 0 Å². The monoisotopic (exact) mass is 430 g/mol. The summed E-state index contributed by atoms with van der Waals surface area (Å²) in [5.74, 6) is 0.0658. The third-order valence-corrected chi connectivity index (χ3v) is 6.58. The minimum atomic E-state index is -3.62. The van der Waals surface area contributed by atoms with Gasteiger partial charge in [-0.3, -0.25) is 9.59 Å². The summed E-state index contributed by atoms with van der Waals surface area (Å²) >= 11 is 0. The van der Waals surface area contributed by atoms with Crippen molar-refractivity contribution in [3.05, 3.63) is 53.6 Å². The van der Waals surface area contributed by atoms with Gasteiger partial charge in [-0.15, -0.1) is 0 Å². The molecule has 30 heavy (non-hydrogen) atoms. The summed E-state index contributed by atoms with van der Waals surface area (Å²) in [5.41, 5.74) is 2.31. The molecule has 0 aliphatic carbocycles. The number of carbonyl (C=O) groups is 2. The molecule has 0 aromatic heterocycles. The van der Waals surface area contributed by atoms with Crippen LogP contribution in [0.25, 0.3) is 0 Å². The van der Waals surface area contributed by atoms with Gasteiger partial charge in [0.25, 0.3) is 0 Å². The summed E-state index contributed by atoms with van der Waals surface area (Å²) in [6.45, 7) is 4.21. The number of sulfone groups is 1. The quantitative estimate of drug-likeness (QED) is 0.695. The molecular formula is C22H26N2O5S. The van der Waals surface area contributed by atoms with E-state index in [1.54, 1.807) is 13.1 Å². The van der Waals surface area contributed by atoms with E-state index in [4.69, 9.17) is 4.74 Å². The van der Waals surface area contributed by atoms with E-state index < -0.39 is 9.84 Å². The minimum Gasteiger partial charge on any atom is -0.491 e. The van der Waals surface area contributed by atoms with E-state index in [0.29, 0.717) is 12.1 Å². The lowest BCUT2D eigenvalue weighted by Gasteiger charge is -2.11. The highest BCUT2D eigenvalue weighted by molar-refractivity contribution is 7.91. The number of anilines is 1. The Morgan fingerprint density at radius 3 is 2.53 bits per heavy atom. The maximum Gasteiger partial charge on any atom is 0.231 e. The second kappa shape index (κ2) is 8.87. The molecule has 0 radical (unpaired) electrons. The number of rotatable bonds is 8. The van der Waals surface area contributed by atoms with Crippen molar-refractivity contribution in [2.24, 2.45) is 0 Å². The van der Waals surface area contributed by atoms with Crippen molar-refractivity contribution in [3.8, 4) is 5.75 Å². The molecular weight excluding hydrogens is 404 g/mol. The van der Waals surface area contributed by atoms with E-state index in [-0.39, 0.29) is 41.4 Å². The molecule has 0 unspecified atom stereocenters. The van der Waals surface area contributed by atoms with Crippen molar-refractivity contribution < 1.29 is 22.7 Å². The van der Waals surface area contributed by atoms with Gasteiger partial charge in [-0.25, -0.2) is 8.42 Å². The second-order valence-corrected chi connectivity index (χ2v) is 9.69. The summed E-state index contributed by atoms with van der Waals surface area (Å²) in [4.78, 5) is 25.6. The topological polar surface area (TPSA) is 92.8 Å². The van der Waals surface area contributed by atoms with E-state index in [1.807, 2.05) is 38.1 Å². The molecule has 1 N–H and O–H groups in total. The number of nitrogens with one attached hydrogen (secondary N) is 1. The number of ether oxygens (including phenoxy) is 1. The van der Waals surface area contributed by atoms with Crippen molar-refractivity contribution in [1.29, 1.82) is 0 Å². The molecule has 160 valence electrons. The smallest absolute Gasteiger partial charge is 0.231 e. The van der Waals surface area contributed by atoms with E-state index in [9.17, 15) is 18.0 Å². The van der Waals surface area contributed by atoms with Crippen LogP contribution in [0.2, 0.25) is 0 Å². The molecule has 0 saturated carbocycles. The zero-order valence-corrected chi connectivity index (χ0v) is 18.2.